The molecule has 2 aromatic rings. The molecule has 0 radical (unpaired) electrons. The first-order chi connectivity index (χ1) is 15.0. The number of hydrogen-bond donors (Lipinski definition) is 1. The van der Waals surface area contributed by atoms with E-state index in [0.717, 1.165) is 18.4 Å². The molecule has 7 nitrogen and oxygen atoms in total. The van der Waals surface area contributed by atoms with E-state index in [0.29, 0.717) is 28.7 Å². The van der Waals surface area contributed by atoms with Crippen LogP contribution in [0.5, 0.6) is 5.75 Å². The number of nitrogens with one attached hydrogen (secondary N) is 1. The van der Waals surface area contributed by atoms with Gasteiger partial charge in [-0.3, -0.25) is 19.3 Å². The lowest BCUT2D eigenvalue weighted by Crippen LogP contribution is -2.54. The number of anilines is 2. The van der Waals surface area contributed by atoms with Crippen LogP contribution in [0.25, 0.3) is 0 Å². The standard InChI is InChI=1S/C23H20ClN3O4/c1-31-14-8-9-16-15(11-14)23(22(30)25-16)19-18(17-3-2-10-26(17)23)20(28)27(21(19)29)13-6-4-12(24)5-7-13/h4-9,11,17-19H,2-3,10H2,1H3,(H,25,30)/t17-,18+,19-,23+/m0/s1. The first-order valence-corrected chi connectivity index (χ1v) is 10.8. The SMILES string of the molecule is COc1ccc2c(c1)[C@]1(C(=O)N2)[C@@H]2C(=O)N(c3ccc(Cl)cc3)C(=O)[C@@H]2[C@@H]2CCCN21. The maximum atomic E-state index is 13.8. The lowest BCUT2D eigenvalue weighted by Gasteiger charge is -2.36. The quantitative estimate of drug-likeness (QED) is 0.731. The van der Waals surface area contributed by atoms with Crippen LogP contribution in [0.2, 0.25) is 5.02 Å². The van der Waals surface area contributed by atoms with Crippen molar-refractivity contribution in [3.63, 3.8) is 0 Å². The number of fused-ring (bicyclic) bond motifs is 7. The molecule has 6 rings (SSSR count). The number of benzene rings is 2. The highest BCUT2D eigenvalue weighted by Crippen LogP contribution is 2.61. The molecule has 0 bridgehead atoms. The summed E-state index contributed by atoms with van der Waals surface area (Å²) >= 11 is 6.00. The molecule has 1 N–H and O–H groups in total. The van der Waals surface area contributed by atoms with E-state index >= 15 is 0 Å². The lowest BCUT2D eigenvalue weighted by atomic mass is 9.75. The number of nitrogens with zero attached hydrogens (tertiary/aromatic N) is 2. The predicted octanol–water partition coefficient (Wildman–Crippen LogP) is 2.78. The number of ether oxygens (including phenoxy) is 1. The molecule has 0 unspecified atom stereocenters. The van der Waals surface area contributed by atoms with Gasteiger partial charge in [-0.1, -0.05) is 11.6 Å². The molecule has 4 aliphatic heterocycles. The number of carbonyl (C=O) groups is 3. The Morgan fingerprint density at radius 1 is 1.10 bits per heavy atom. The summed E-state index contributed by atoms with van der Waals surface area (Å²) in [6, 6.07) is 11.9. The molecule has 3 amide bonds. The molecule has 0 saturated carbocycles. The Hall–Kier alpha value is -2.90. The molecule has 3 fully saturated rings. The van der Waals surface area contributed by atoms with Crippen LogP contribution >= 0.6 is 11.6 Å². The fraction of sp³-hybridized carbons (Fsp3) is 0.348. The number of halogens is 1. The Morgan fingerprint density at radius 2 is 1.87 bits per heavy atom. The van der Waals surface area contributed by atoms with Crippen molar-refractivity contribution in [3.05, 3.63) is 53.1 Å². The zero-order valence-electron chi connectivity index (χ0n) is 16.8. The molecule has 4 heterocycles. The van der Waals surface area contributed by atoms with Gasteiger partial charge >= 0.3 is 0 Å². The normalized spacial score (nSPS) is 31.2. The summed E-state index contributed by atoms with van der Waals surface area (Å²) < 4.78 is 5.42. The summed E-state index contributed by atoms with van der Waals surface area (Å²) in [5.74, 6) is -1.55. The van der Waals surface area contributed by atoms with E-state index in [1.54, 1.807) is 43.5 Å². The molecule has 1 spiro atoms. The Labute approximate surface area is 183 Å². The third-order valence-electron chi connectivity index (χ3n) is 7.28. The average Bonchev–Trinajstić information content (AvgIpc) is 3.47. The fourth-order valence-electron chi connectivity index (χ4n) is 6.15. The minimum atomic E-state index is -1.20. The van der Waals surface area contributed by atoms with Crippen molar-refractivity contribution in [2.45, 2.75) is 24.4 Å². The van der Waals surface area contributed by atoms with Crippen molar-refractivity contribution >= 4 is 40.7 Å². The maximum Gasteiger partial charge on any atom is 0.250 e. The predicted molar refractivity (Wildman–Crippen MR) is 114 cm³/mol. The Morgan fingerprint density at radius 3 is 2.61 bits per heavy atom. The van der Waals surface area contributed by atoms with Crippen molar-refractivity contribution in [2.24, 2.45) is 11.8 Å². The van der Waals surface area contributed by atoms with Crippen LogP contribution in [0.15, 0.2) is 42.5 Å². The van der Waals surface area contributed by atoms with Gasteiger partial charge in [-0.25, -0.2) is 4.90 Å². The number of imide groups is 1. The highest BCUT2D eigenvalue weighted by atomic mass is 35.5. The van der Waals surface area contributed by atoms with Crippen LogP contribution < -0.4 is 15.0 Å². The molecule has 4 aliphatic rings. The molecule has 0 aliphatic carbocycles. The zero-order valence-corrected chi connectivity index (χ0v) is 17.6. The van der Waals surface area contributed by atoms with Gasteiger partial charge < -0.3 is 10.1 Å². The van der Waals surface area contributed by atoms with E-state index in [4.69, 9.17) is 16.3 Å². The van der Waals surface area contributed by atoms with E-state index in [9.17, 15) is 14.4 Å². The van der Waals surface area contributed by atoms with Crippen molar-refractivity contribution in [1.29, 1.82) is 0 Å². The molecule has 0 aromatic heterocycles. The third kappa shape index (κ3) is 2.20. The molecule has 158 valence electrons. The van der Waals surface area contributed by atoms with E-state index in [2.05, 4.69) is 10.2 Å². The number of amides is 3. The Bertz CT molecular complexity index is 1150. The summed E-state index contributed by atoms with van der Waals surface area (Å²) in [6.07, 6.45) is 1.66. The van der Waals surface area contributed by atoms with Crippen LogP contribution in [0.4, 0.5) is 11.4 Å². The monoisotopic (exact) mass is 437 g/mol. The van der Waals surface area contributed by atoms with Crippen LogP contribution in [-0.2, 0) is 19.9 Å². The molecular weight excluding hydrogens is 418 g/mol. The van der Waals surface area contributed by atoms with Crippen LogP contribution in [-0.4, -0.2) is 42.3 Å². The van der Waals surface area contributed by atoms with E-state index < -0.39 is 17.4 Å². The van der Waals surface area contributed by atoms with Gasteiger partial charge in [0.05, 0.1) is 24.6 Å². The molecule has 3 saturated heterocycles. The molecule has 31 heavy (non-hydrogen) atoms. The molecule has 8 heteroatoms. The summed E-state index contributed by atoms with van der Waals surface area (Å²) in [4.78, 5) is 44.3. The highest BCUT2D eigenvalue weighted by Gasteiger charge is 2.74. The second-order valence-electron chi connectivity index (χ2n) is 8.53. The average molecular weight is 438 g/mol. The smallest absolute Gasteiger partial charge is 0.250 e. The van der Waals surface area contributed by atoms with Gasteiger partial charge in [0.1, 0.15) is 11.3 Å². The minimum absolute atomic E-state index is 0.151. The minimum Gasteiger partial charge on any atom is -0.497 e. The largest absolute Gasteiger partial charge is 0.497 e. The van der Waals surface area contributed by atoms with Crippen LogP contribution in [0.3, 0.4) is 0 Å². The van der Waals surface area contributed by atoms with E-state index in [1.807, 2.05) is 6.07 Å². The second-order valence-corrected chi connectivity index (χ2v) is 8.96. The number of rotatable bonds is 2. The number of hydrogen-bond acceptors (Lipinski definition) is 5. The van der Waals surface area contributed by atoms with Gasteiger partial charge in [0.2, 0.25) is 17.7 Å². The van der Waals surface area contributed by atoms with E-state index in [-0.39, 0.29) is 23.8 Å². The first-order valence-electron chi connectivity index (χ1n) is 10.4. The van der Waals surface area contributed by atoms with Gasteiger partial charge in [0.25, 0.3) is 0 Å². The lowest BCUT2D eigenvalue weighted by molar-refractivity contribution is -0.135. The van der Waals surface area contributed by atoms with Gasteiger partial charge in [-0.15, -0.1) is 0 Å². The first kappa shape index (κ1) is 18.8. The third-order valence-corrected chi connectivity index (χ3v) is 7.54. The van der Waals surface area contributed by atoms with Crippen LogP contribution in [0, 0.1) is 11.8 Å². The summed E-state index contributed by atoms with van der Waals surface area (Å²) in [5, 5.41) is 3.49. The topological polar surface area (TPSA) is 79.0 Å². The van der Waals surface area contributed by atoms with Crippen molar-refractivity contribution in [2.75, 3.05) is 23.9 Å². The molecule has 2 aromatic carbocycles. The second kappa shape index (κ2) is 6.31. The maximum absolute atomic E-state index is 13.8. The molecule has 4 atom stereocenters. The number of carbonyl (C=O) groups excluding carboxylic acids is 3. The van der Waals surface area contributed by atoms with E-state index in [1.165, 1.54) is 4.90 Å². The summed E-state index contributed by atoms with van der Waals surface area (Å²) in [6.45, 7) is 0.670. The zero-order chi connectivity index (χ0) is 21.5. The van der Waals surface area contributed by atoms with Crippen molar-refractivity contribution < 1.29 is 19.1 Å². The van der Waals surface area contributed by atoms with Crippen molar-refractivity contribution in [1.82, 2.24) is 4.90 Å². The van der Waals surface area contributed by atoms with Gasteiger partial charge in [-0.05, 0) is 61.9 Å². The van der Waals surface area contributed by atoms with Gasteiger partial charge in [0, 0.05) is 22.3 Å². The van der Waals surface area contributed by atoms with Gasteiger partial charge in [-0.2, -0.15) is 0 Å². The van der Waals surface area contributed by atoms with Crippen molar-refractivity contribution in [3.8, 4) is 5.75 Å². The highest BCUT2D eigenvalue weighted by molar-refractivity contribution is 6.31. The molecular formula is C23H20ClN3O4. The summed E-state index contributed by atoms with van der Waals surface area (Å²) in [5.41, 5.74) is 0.666. The van der Waals surface area contributed by atoms with Gasteiger partial charge in [0.15, 0.2) is 0 Å². The fourth-order valence-corrected chi connectivity index (χ4v) is 6.28. The Balaban J connectivity index is 1.55. The summed E-state index contributed by atoms with van der Waals surface area (Å²) in [7, 11) is 1.57. The number of methoxy groups -OCH3 is 1. The van der Waals surface area contributed by atoms with Crippen LogP contribution in [0.1, 0.15) is 18.4 Å². The Kier molecular flexibility index (Phi) is 3.83.